The van der Waals surface area contributed by atoms with Gasteiger partial charge in [-0.05, 0) is 49.1 Å². The first-order chi connectivity index (χ1) is 11.6. The summed E-state index contributed by atoms with van der Waals surface area (Å²) in [5, 5.41) is 10.3. The molecule has 2 aromatic carbocycles. The van der Waals surface area contributed by atoms with E-state index in [1.54, 1.807) is 12.1 Å². The molecule has 3 nitrogen and oxygen atoms in total. The van der Waals surface area contributed by atoms with Crippen LogP contribution in [0, 0.1) is 12.7 Å². The number of nitrogens with zero attached hydrogens (tertiary/aromatic N) is 1. The molecule has 0 aliphatic heterocycles. The first-order valence-electron chi connectivity index (χ1n) is 8.47. The molecule has 1 unspecified atom stereocenters. The number of halogens is 1. The number of aryl methyl sites for hydroxylation is 1. The Bertz CT molecular complexity index is 655. The van der Waals surface area contributed by atoms with E-state index in [1.807, 2.05) is 31.2 Å². The number of aliphatic hydroxyl groups excluding tert-OH is 1. The lowest BCUT2D eigenvalue weighted by molar-refractivity contribution is 0.0624. The molecule has 0 aromatic heterocycles. The van der Waals surface area contributed by atoms with E-state index >= 15 is 0 Å². The lowest BCUT2D eigenvalue weighted by Crippen LogP contribution is -2.36. The van der Waals surface area contributed by atoms with Crippen LogP contribution in [-0.4, -0.2) is 35.3 Å². The molecule has 1 N–H and O–H groups in total. The Kier molecular flexibility index (Phi) is 5.48. The largest absolute Gasteiger partial charge is 0.491 e. The van der Waals surface area contributed by atoms with Gasteiger partial charge in [0, 0.05) is 19.1 Å². The van der Waals surface area contributed by atoms with E-state index in [2.05, 4.69) is 4.90 Å². The first kappa shape index (κ1) is 16.9. The van der Waals surface area contributed by atoms with Crippen molar-refractivity contribution in [1.82, 2.24) is 4.90 Å². The molecule has 128 valence electrons. The quantitative estimate of drug-likeness (QED) is 0.804. The molecule has 24 heavy (non-hydrogen) atoms. The first-order valence-corrected chi connectivity index (χ1v) is 8.47. The van der Waals surface area contributed by atoms with Gasteiger partial charge in [-0.1, -0.05) is 30.3 Å². The maximum Gasteiger partial charge on any atom is 0.123 e. The summed E-state index contributed by atoms with van der Waals surface area (Å²) in [5.41, 5.74) is 2.13. The van der Waals surface area contributed by atoms with Crippen LogP contribution in [0.1, 0.15) is 24.0 Å². The van der Waals surface area contributed by atoms with Gasteiger partial charge in [-0.25, -0.2) is 4.39 Å². The predicted molar refractivity (Wildman–Crippen MR) is 92.5 cm³/mol. The van der Waals surface area contributed by atoms with Gasteiger partial charge >= 0.3 is 0 Å². The molecule has 0 amide bonds. The number of hydrogen-bond donors (Lipinski definition) is 1. The molecule has 1 aliphatic rings. The van der Waals surface area contributed by atoms with Gasteiger partial charge in [0.25, 0.3) is 0 Å². The van der Waals surface area contributed by atoms with Crippen molar-refractivity contribution in [2.45, 2.75) is 38.5 Å². The van der Waals surface area contributed by atoms with Crippen molar-refractivity contribution in [1.29, 1.82) is 0 Å². The Hall–Kier alpha value is -1.91. The topological polar surface area (TPSA) is 32.7 Å². The number of hydrogen-bond acceptors (Lipinski definition) is 3. The van der Waals surface area contributed by atoms with E-state index in [-0.39, 0.29) is 12.4 Å². The van der Waals surface area contributed by atoms with Gasteiger partial charge in [0.15, 0.2) is 0 Å². The van der Waals surface area contributed by atoms with Crippen LogP contribution in [0.25, 0.3) is 0 Å². The van der Waals surface area contributed by atoms with E-state index in [0.29, 0.717) is 12.6 Å². The van der Waals surface area contributed by atoms with Crippen molar-refractivity contribution in [2.75, 3.05) is 13.2 Å². The minimum atomic E-state index is -0.550. The maximum atomic E-state index is 13.0. The fourth-order valence-electron chi connectivity index (χ4n) is 2.83. The SMILES string of the molecule is Cc1ccccc1OCC(O)CN(Cc1ccc(F)cc1)C1CC1. The molecular formula is C20H24FNO2. The molecule has 1 saturated carbocycles. The normalized spacial score (nSPS) is 15.5. The molecule has 2 aromatic rings. The summed E-state index contributed by atoms with van der Waals surface area (Å²) in [6.07, 6.45) is 1.77. The van der Waals surface area contributed by atoms with Gasteiger partial charge in [0.1, 0.15) is 24.3 Å². The van der Waals surface area contributed by atoms with Crippen LogP contribution in [-0.2, 0) is 6.54 Å². The summed E-state index contributed by atoms with van der Waals surface area (Å²) in [4.78, 5) is 2.26. The molecule has 3 rings (SSSR count). The third-order valence-electron chi connectivity index (χ3n) is 4.33. The standard InChI is InChI=1S/C20H24FNO2/c1-15-4-2-3-5-20(15)24-14-19(23)13-22(18-10-11-18)12-16-6-8-17(21)9-7-16/h2-9,18-19,23H,10-14H2,1H3. The number of benzene rings is 2. The molecule has 1 atom stereocenters. The van der Waals surface area contributed by atoms with Gasteiger partial charge in [0.05, 0.1) is 0 Å². The van der Waals surface area contributed by atoms with Crippen LogP contribution in [0.5, 0.6) is 5.75 Å². The van der Waals surface area contributed by atoms with Crippen molar-refractivity contribution in [3.8, 4) is 5.75 Å². The fourth-order valence-corrected chi connectivity index (χ4v) is 2.83. The number of rotatable bonds is 8. The van der Waals surface area contributed by atoms with Gasteiger partial charge < -0.3 is 9.84 Å². The van der Waals surface area contributed by atoms with E-state index in [0.717, 1.165) is 36.3 Å². The van der Waals surface area contributed by atoms with Crippen LogP contribution in [0.3, 0.4) is 0 Å². The monoisotopic (exact) mass is 329 g/mol. The highest BCUT2D eigenvalue weighted by Gasteiger charge is 2.30. The van der Waals surface area contributed by atoms with Crippen LogP contribution >= 0.6 is 0 Å². The Morgan fingerprint density at radius 2 is 1.88 bits per heavy atom. The third kappa shape index (κ3) is 4.79. The molecule has 4 heteroatoms. The Labute approximate surface area is 142 Å². The van der Waals surface area contributed by atoms with Gasteiger partial charge in [0.2, 0.25) is 0 Å². The average molecular weight is 329 g/mol. The third-order valence-corrected chi connectivity index (χ3v) is 4.33. The summed E-state index contributed by atoms with van der Waals surface area (Å²) in [6, 6.07) is 14.9. The molecule has 0 radical (unpaired) electrons. The fraction of sp³-hybridized carbons (Fsp3) is 0.400. The second-order valence-electron chi connectivity index (χ2n) is 6.52. The molecule has 0 bridgehead atoms. The molecule has 0 saturated heterocycles. The lowest BCUT2D eigenvalue weighted by Gasteiger charge is -2.25. The van der Waals surface area contributed by atoms with Crippen molar-refractivity contribution >= 4 is 0 Å². The highest BCUT2D eigenvalue weighted by atomic mass is 19.1. The zero-order valence-electron chi connectivity index (χ0n) is 14.0. The van der Waals surface area contributed by atoms with Crippen molar-refractivity contribution < 1.29 is 14.2 Å². The Balaban J connectivity index is 1.53. The van der Waals surface area contributed by atoms with E-state index < -0.39 is 6.10 Å². The second kappa shape index (κ2) is 7.77. The van der Waals surface area contributed by atoms with E-state index in [1.165, 1.54) is 12.1 Å². The zero-order chi connectivity index (χ0) is 16.9. The van der Waals surface area contributed by atoms with Gasteiger partial charge in [-0.3, -0.25) is 4.90 Å². The smallest absolute Gasteiger partial charge is 0.123 e. The molecular weight excluding hydrogens is 305 g/mol. The van der Waals surface area contributed by atoms with Crippen LogP contribution in [0.15, 0.2) is 48.5 Å². The van der Waals surface area contributed by atoms with Gasteiger partial charge in [-0.15, -0.1) is 0 Å². The molecule has 1 aliphatic carbocycles. The highest BCUT2D eigenvalue weighted by molar-refractivity contribution is 5.31. The summed E-state index contributed by atoms with van der Waals surface area (Å²) < 4.78 is 18.8. The van der Waals surface area contributed by atoms with Crippen molar-refractivity contribution in [2.24, 2.45) is 0 Å². The molecule has 0 heterocycles. The Morgan fingerprint density at radius 3 is 2.54 bits per heavy atom. The maximum absolute atomic E-state index is 13.0. The minimum Gasteiger partial charge on any atom is -0.491 e. The number of ether oxygens (including phenoxy) is 1. The summed E-state index contributed by atoms with van der Waals surface area (Å²) in [7, 11) is 0. The van der Waals surface area contributed by atoms with Gasteiger partial charge in [-0.2, -0.15) is 0 Å². The van der Waals surface area contributed by atoms with E-state index in [4.69, 9.17) is 4.74 Å². The minimum absolute atomic E-state index is 0.219. The lowest BCUT2D eigenvalue weighted by atomic mass is 10.2. The second-order valence-corrected chi connectivity index (χ2v) is 6.52. The number of aliphatic hydroxyl groups is 1. The summed E-state index contributed by atoms with van der Waals surface area (Å²) in [5.74, 6) is 0.594. The van der Waals surface area contributed by atoms with Crippen LogP contribution in [0.4, 0.5) is 4.39 Å². The molecule has 1 fully saturated rings. The average Bonchev–Trinajstić information content (AvgIpc) is 3.40. The van der Waals surface area contributed by atoms with Crippen molar-refractivity contribution in [3.63, 3.8) is 0 Å². The van der Waals surface area contributed by atoms with E-state index in [9.17, 15) is 9.50 Å². The Morgan fingerprint density at radius 1 is 1.17 bits per heavy atom. The van der Waals surface area contributed by atoms with Crippen molar-refractivity contribution in [3.05, 3.63) is 65.5 Å². The van der Waals surface area contributed by atoms with Crippen LogP contribution in [0.2, 0.25) is 0 Å². The predicted octanol–water partition coefficient (Wildman–Crippen LogP) is 3.54. The molecule has 0 spiro atoms. The highest BCUT2D eigenvalue weighted by Crippen LogP contribution is 2.28. The van der Waals surface area contributed by atoms with Crippen LogP contribution < -0.4 is 4.74 Å². The number of para-hydroxylation sites is 1. The summed E-state index contributed by atoms with van der Waals surface area (Å²) in [6.45, 7) is 3.56. The zero-order valence-corrected chi connectivity index (χ0v) is 14.0. The summed E-state index contributed by atoms with van der Waals surface area (Å²) >= 11 is 0.